The topological polar surface area (TPSA) is 56.2 Å². The van der Waals surface area contributed by atoms with Crippen LogP contribution in [-0.4, -0.2) is 14.6 Å². The molecule has 0 aliphatic heterocycles. The number of halogens is 2. The van der Waals surface area contributed by atoms with Gasteiger partial charge in [-0.25, -0.2) is 4.98 Å². The molecular formula is C19H14BrClN4. The lowest BCUT2D eigenvalue weighted by molar-refractivity contribution is 0.945. The van der Waals surface area contributed by atoms with E-state index in [2.05, 4.69) is 21.0 Å². The third-order valence-corrected chi connectivity index (χ3v) is 4.84. The van der Waals surface area contributed by atoms with Gasteiger partial charge in [-0.15, -0.1) is 0 Å². The van der Waals surface area contributed by atoms with Gasteiger partial charge in [0, 0.05) is 20.6 Å². The number of benzene rings is 2. The summed E-state index contributed by atoms with van der Waals surface area (Å²) >= 11 is 9.63. The molecule has 2 aromatic carbocycles. The number of nitrogen functional groups attached to an aromatic ring is 1. The van der Waals surface area contributed by atoms with Gasteiger partial charge < -0.3 is 5.73 Å². The Morgan fingerprint density at radius 1 is 1.08 bits per heavy atom. The van der Waals surface area contributed by atoms with Crippen LogP contribution in [0.15, 0.2) is 59.2 Å². The zero-order valence-corrected chi connectivity index (χ0v) is 15.7. The SMILES string of the molecule is Cc1nc2c(-c3cccc(Br)c3)cnn2c(N)c1-c1cccc(Cl)c1. The van der Waals surface area contributed by atoms with Crippen molar-refractivity contribution in [3.63, 3.8) is 0 Å². The van der Waals surface area contributed by atoms with Gasteiger partial charge in [0.1, 0.15) is 5.82 Å². The van der Waals surface area contributed by atoms with Crippen molar-refractivity contribution in [2.75, 3.05) is 5.73 Å². The number of hydrogen-bond acceptors (Lipinski definition) is 3. The molecular weight excluding hydrogens is 400 g/mol. The third-order valence-electron chi connectivity index (χ3n) is 4.11. The number of nitrogens with two attached hydrogens (primary N) is 1. The van der Waals surface area contributed by atoms with Crippen LogP contribution in [0, 0.1) is 6.92 Å². The first kappa shape index (κ1) is 16.1. The van der Waals surface area contributed by atoms with E-state index in [1.165, 1.54) is 0 Å². The first-order valence-corrected chi connectivity index (χ1v) is 8.87. The molecule has 4 rings (SSSR count). The van der Waals surface area contributed by atoms with Crippen molar-refractivity contribution in [2.45, 2.75) is 6.92 Å². The summed E-state index contributed by atoms with van der Waals surface area (Å²) < 4.78 is 2.68. The first-order chi connectivity index (χ1) is 12.0. The second-order valence-corrected chi connectivity index (χ2v) is 7.12. The quantitative estimate of drug-likeness (QED) is 0.480. The van der Waals surface area contributed by atoms with E-state index in [4.69, 9.17) is 22.3 Å². The highest BCUT2D eigenvalue weighted by Gasteiger charge is 2.17. The normalized spacial score (nSPS) is 11.2. The molecule has 0 spiro atoms. The number of aromatic nitrogens is 3. The Morgan fingerprint density at radius 2 is 1.84 bits per heavy atom. The van der Waals surface area contributed by atoms with Gasteiger partial charge in [-0.05, 0) is 42.3 Å². The number of fused-ring (bicyclic) bond motifs is 1. The Kier molecular flexibility index (Phi) is 3.98. The molecule has 0 fully saturated rings. The molecule has 0 aliphatic carbocycles. The number of anilines is 1. The van der Waals surface area contributed by atoms with Gasteiger partial charge in [0.15, 0.2) is 5.65 Å². The highest BCUT2D eigenvalue weighted by molar-refractivity contribution is 9.10. The minimum Gasteiger partial charge on any atom is -0.383 e. The zero-order valence-electron chi connectivity index (χ0n) is 13.4. The largest absolute Gasteiger partial charge is 0.383 e. The Balaban J connectivity index is 1.96. The minimum atomic E-state index is 0.547. The van der Waals surface area contributed by atoms with Gasteiger partial charge >= 0.3 is 0 Å². The predicted octanol–water partition coefficient (Wildman–Crippen LogP) is 5.37. The number of nitrogens with zero attached hydrogens (tertiary/aromatic N) is 3. The summed E-state index contributed by atoms with van der Waals surface area (Å²) in [6, 6.07) is 15.6. The van der Waals surface area contributed by atoms with Crippen molar-refractivity contribution in [2.24, 2.45) is 0 Å². The van der Waals surface area contributed by atoms with Gasteiger partial charge in [-0.2, -0.15) is 9.61 Å². The van der Waals surface area contributed by atoms with Crippen LogP contribution in [0.3, 0.4) is 0 Å². The lowest BCUT2D eigenvalue weighted by Gasteiger charge is -2.12. The lowest BCUT2D eigenvalue weighted by atomic mass is 10.0. The Hall–Kier alpha value is -2.37. The average Bonchev–Trinajstić information content (AvgIpc) is 2.99. The molecule has 2 heterocycles. The second kappa shape index (κ2) is 6.17. The number of rotatable bonds is 2. The van der Waals surface area contributed by atoms with Crippen LogP contribution in [-0.2, 0) is 0 Å². The molecule has 0 unspecified atom stereocenters. The van der Waals surface area contributed by atoms with Crippen LogP contribution in [0.1, 0.15) is 5.69 Å². The Morgan fingerprint density at radius 3 is 2.60 bits per heavy atom. The number of aryl methyl sites for hydroxylation is 1. The van der Waals surface area contributed by atoms with Gasteiger partial charge in [0.05, 0.1) is 11.9 Å². The van der Waals surface area contributed by atoms with Crippen molar-refractivity contribution in [3.05, 3.63) is 69.9 Å². The molecule has 25 heavy (non-hydrogen) atoms. The van der Waals surface area contributed by atoms with Crippen LogP contribution in [0.25, 0.3) is 27.9 Å². The third kappa shape index (κ3) is 2.79. The molecule has 6 heteroatoms. The van der Waals surface area contributed by atoms with Gasteiger partial charge in [-0.3, -0.25) is 0 Å². The van der Waals surface area contributed by atoms with E-state index in [0.717, 1.165) is 38.1 Å². The molecule has 0 saturated heterocycles. The molecule has 0 bridgehead atoms. The Bertz CT molecular complexity index is 1100. The summed E-state index contributed by atoms with van der Waals surface area (Å²) in [7, 11) is 0. The van der Waals surface area contributed by atoms with Crippen LogP contribution >= 0.6 is 27.5 Å². The monoisotopic (exact) mass is 412 g/mol. The maximum atomic E-state index is 6.43. The fourth-order valence-electron chi connectivity index (χ4n) is 2.99. The average molecular weight is 414 g/mol. The first-order valence-electron chi connectivity index (χ1n) is 7.70. The van der Waals surface area contributed by atoms with Crippen molar-refractivity contribution in [1.82, 2.24) is 14.6 Å². The zero-order chi connectivity index (χ0) is 17.6. The van der Waals surface area contributed by atoms with Crippen molar-refractivity contribution in [3.8, 4) is 22.3 Å². The molecule has 124 valence electrons. The maximum Gasteiger partial charge on any atom is 0.165 e. The fraction of sp³-hybridized carbons (Fsp3) is 0.0526. The summed E-state index contributed by atoms with van der Waals surface area (Å²) in [5.41, 5.74) is 11.7. The maximum absolute atomic E-state index is 6.43. The molecule has 0 saturated carbocycles. The molecule has 0 aliphatic rings. The lowest BCUT2D eigenvalue weighted by Crippen LogP contribution is -2.05. The van der Waals surface area contributed by atoms with Gasteiger partial charge in [0.25, 0.3) is 0 Å². The van der Waals surface area contributed by atoms with E-state index in [0.29, 0.717) is 10.8 Å². The minimum absolute atomic E-state index is 0.547. The summed E-state index contributed by atoms with van der Waals surface area (Å²) in [4.78, 5) is 4.77. The fourth-order valence-corrected chi connectivity index (χ4v) is 3.58. The summed E-state index contributed by atoms with van der Waals surface area (Å²) in [5.74, 6) is 0.547. The summed E-state index contributed by atoms with van der Waals surface area (Å²) in [5, 5.41) is 5.11. The highest BCUT2D eigenvalue weighted by Crippen LogP contribution is 2.33. The molecule has 0 atom stereocenters. The second-order valence-electron chi connectivity index (χ2n) is 5.77. The van der Waals surface area contributed by atoms with E-state index < -0.39 is 0 Å². The van der Waals surface area contributed by atoms with Crippen LogP contribution in [0.5, 0.6) is 0 Å². The van der Waals surface area contributed by atoms with Crippen molar-refractivity contribution >= 4 is 39.0 Å². The van der Waals surface area contributed by atoms with Crippen molar-refractivity contribution < 1.29 is 0 Å². The van der Waals surface area contributed by atoms with E-state index in [1.807, 2.05) is 55.5 Å². The van der Waals surface area contributed by atoms with Crippen molar-refractivity contribution in [1.29, 1.82) is 0 Å². The standard InChI is InChI=1S/C19H14BrClN4/c1-11-17(13-5-3-7-15(21)9-13)18(22)25-19(24-11)16(10-23-25)12-4-2-6-14(20)8-12/h2-10H,22H2,1H3. The van der Waals surface area contributed by atoms with Crippen LogP contribution < -0.4 is 5.73 Å². The summed E-state index contributed by atoms with van der Waals surface area (Å²) in [6.07, 6.45) is 1.79. The number of hydrogen-bond donors (Lipinski definition) is 1. The molecule has 4 aromatic rings. The Labute approximate surface area is 158 Å². The smallest absolute Gasteiger partial charge is 0.165 e. The van der Waals surface area contributed by atoms with Crippen LogP contribution in [0.4, 0.5) is 5.82 Å². The van der Waals surface area contributed by atoms with Gasteiger partial charge in [0.2, 0.25) is 0 Å². The molecule has 2 N–H and O–H groups in total. The van der Waals surface area contributed by atoms with E-state index in [1.54, 1.807) is 10.7 Å². The molecule has 0 amide bonds. The van der Waals surface area contributed by atoms with E-state index in [9.17, 15) is 0 Å². The van der Waals surface area contributed by atoms with Crippen LogP contribution in [0.2, 0.25) is 5.02 Å². The highest BCUT2D eigenvalue weighted by atomic mass is 79.9. The molecule has 2 aromatic heterocycles. The molecule has 4 nitrogen and oxygen atoms in total. The van der Waals surface area contributed by atoms with E-state index in [-0.39, 0.29) is 0 Å². The predicted molar refractivity (Wildman–Crippen MR) is 106 cm³/mol. The van der Waals surface area contributed by atoms with Gasteiger partial charge in [-0.1, -0.05) is 51.8 Å². The summed E-state index contributed by atoms with van der Waals surface area (Å²) in [6.45, 7) is 1.95. The molecule has 0 radical (unpaired) electrons. The van der Waals surface area contributed by atoms with E-state index >= 15 is 0 Å².